The van der Waals surface area contributed by atoms with E-state index in [0.717, 1.165) is 12.8 Å². The molecule has 1 rings (SSSR count). The Bertz CT molecular complexity index is 253. The van der Waals surface area contributed by atoms with Crippen molar-refractivity contribution in [3.63, 3.8) is 0 Å². The first-order chi connectivity index (χ1) is 6.61. The zero-order chi connectivity index (χ0) is 11.9. The average molecular weight is 212 g/mol. The Balaban J connectivity index is 2.45. The zero-order valence-electron chi connectivity index (χ0n) is 10.6. The third-order valence-corrected chi connectivity index (χ3v) is 2.61. The van der Waals surface area contributed by atoms with E-state index in [0.29, 0.717) is 0 Å². The van der Waals surface area contributed by atoms with Gasteiger partial charge in [0.05, 0.1) is 5.92 Å². The highest BCUT2D eigenvalue weighted by atomic mass is 16.2. The molecule has 2 unspecified atom stereocenters. The highest BCUT2D eigenvalue weighted by Crippen LogP contribution is 2.31. The lowest BCUT2D eigenvalue weighted by atomic mass is 9.81. The van der Waals surface area contributed by atoms with Crippen molar-refractivity contribution in [1.29, 1.82) is 0 Å². The van der Waals surface area contributed by atoms with E-state index in [1.54, 1.807) is 0 Å². The second kappa shape index (κ2) is 3.78. The van der Waals surface area contributed by atoms with Crippen LogP contribution in [0.25, 0.3) is 0 Å². The quantitative estimate of drug-likeness (QED) is 0.747. The standard InChI is InChI=1S/C12H24N2O/c1-11(2,3)7-12(4,5)14-10(15)8-6-9(8)13/h8-9H,6-7,13H2,1-5H3,(H,14,15). The fourth-order valence-electron chi connectivity index (χ4n) is 2.31. The molecule has 1 saturated carbocycles. The van der Waals surface area contributed by atoms with Crippen LogP contribution in [0, 0.1) is 11.3 Å². The maximum Gasteiger partial charge on any atom is 0.225 e. The van der Waals surface area contributed by atoms with Gasteiger partial charge in [0.2, 0.25) is 5.91 Å². The van der Waals surface area contributed by atoms with Crippen molar-refractivity contribution in [2.45, 2.75) is 59.0 Å². The van der Waals surface area contributed by atoms with Crippen molar-refractivity contribution in [3.05, 3.63) is 0 Å². The largest absolute Gasteiger partial charge is 0.351 e. The fraction of sp³-hybridized carbons (Fsp3) is 0.917. The molecule has 0 heterocycles. The van der Waals surface area contributed by atoms with E-state index >= 15 is 0 Å². The van der Waals surface area contributed by atoms with Gasteiger partial charge < -0.3 is 11.1 Å². The first-order valence-corrected chi connectivity index (χ1v) is 5.68. The number of hydrogen-bond acceptors (Lipinski definition) is 2. The molecule has 0 radical (unpaired) electrons. The predicted octanol–water partition coefficient (Wildman–Crippen LogP) is 1.66. The van der Waals surface area contributed by atoms with E-state index in [-0.39, 0.29) is 28.8 Å². The van der Waals surface area contributed by atoms with Gasteiger partial charge in [-0.25, -0.2) is 0 Å². The van der Waals surface area contributed by atoms with Crippen LogP contribution in [0.15, 0.2) is 0 Å². The van der Waals surface area contributed by atoms with Crippen LogP contribution in [0.1, 0.15) is 47.5 Å². The van der Waals surface area contributed by atoms with Crippen LogP contribution in [0.3, 0.4) is 0 Å². The van der Waals surface area contributed by atoms with Crippen LogP contribution >= 0.6 is 0 Å². The monoisotopic (exact) mass is 212 g/mol. The lowest BCUT2D eigenvalue weighted by molar-refractivity contribution is -0.124. The smallest absolute Gasteiger partial charge is 0.225 e. The Morgan fingerprint density at radius 1 is 1.33 bits per heavy atom. The predicted molar refractivity (Wildman–Crippen MR) is 62.4 cm³/mol. The van der Waals surface area contributed by atoms with Crippen molar-refractivity contribution >= 4 is 5.91 Å². The van der Waals surface area contributed by atoms with Gasteiger partial charge in [-0.05, 0) is 32.1 Å². The number of amides is 1. The minimum Gasteiger partial charge on any atom is -0.351 e. The molecule has 88 valence electrons. The van der Waals surface area contributed by atoms with Crippen molar-refractivity contribution < 1.29 is 4.79 Å². The Morgan fingerprint density at radius 2 is 1.80 bits per heavy atom. The first kappa shape index (κ1) is 12.5. The van der Waals surface area contributed by atoms with E-state index in [2.05, 4.69) is 39.9 Å². The van der Waals surface area contributed by atoms with Gasteiger partial charge in [0, 0.05) is 11.6 Å². The summed E-state index contributed by atoms with van der Waals surface area (Å²) in [6, 6.07) is 0.0930. The Labute approximate surface area is 92.8 Å². The summed E-state index contributed by atoms with van der Waals surface area (Å²) in [7, 11) is 0. The lowest BCUT2D eigenvalue weighted by Crippen LogP contribution is -2.47. The van der Waals surface area contributed by atoms with Gasteiger partial charge >= 0.3 is 0 Å². The van der Waals surface area contributed by atoms with Crippen LogP contribution in [0.2, 0.25) is 0 Å². The number of rotatable bonds is 3. The summed E-state index contributed by atoms with van der Waals surface area (Å²) in [5, 5.41) is 3.09. The second-order valence-corrected chi connectivity index (χ2v) is 6.62. The van der Waals surface area contributed by atoms with E-state index in [1.165, 1.54) is 0 Å². The first-order valence-electron chi connectivity index (χ1n) is 5.68. The van der Waals surface area contributed by atoms with E-state index in [4.69, 9.17) is 5.73 Å². The maximum absolute atomic E-state index is 11.7. The molecule has 3 nitrogen and oxygen atoms in total. The fourth-order valence-corrected chi connectivity index (χ4v) is 2.31. The van der Waals surface area contributed by atoms with Gasteiger partial charge in [0.15, 0.2) is 0 Å². The number of carbonyl (C=O) groups is 1. The summed E-state index contributed by atoms with van der Waals surface area (Å²) >= 11 is 0. The molecule has 3 N–H and O–H groups in total. The normalized spacial score (nSPS) is 26.3. The van der Waals surface area contributed by atoms with Crippen molar-refractivity contribution in [2.24, 2.45) is 17.1 Å². The molecule has 2 atom stereocenters. The van der Waals surface area contributed by atoms with Crippen LogP contribution in [0.4, 0.5) is 0 Å². The van der Waals surface area contributed by atoms with E-state index in [1.807, 2.05) is 0 Å². The van der Waals surface area contributed by atoms with Crippen LogP contribution in [-0.2, 0) is 4.79 Å². The van der Waals surface area contributed by atoms with Crippen LogP contribution in [0.5, 0.6) is 0 Å². The van der Waals surface area contributed by atoms with Gasteiger partial charge in [-0.15, -0.1) is 0 Å². The summed E-state index contributed by atoms with van der Waals surface area (Å²) in [5.74, 6) is 0.181. The molecular weight excluding hydrogens is 188 g/mol. The molecule has 0 saturated heterocycles. The van der Waals surface area contributed by atoms with Crippen molar-refractivity contribution in [2.75, 3.05) is 0 Å². The summed E-state index contributed by atoms with van der Waals surface area (Å²) < 4.78 is 0. The molecule has 0 spiro atoms. The summed E-state index contributed by atoms with van der Waals surface area (Å²) in [6.45, 7) is 10.7. The highest BCUT2D eigenvalue weighted by Gasteiger charge is 2.41. The summed E-state index contributed by atoms with van der Waals surface area (Å²) in [5.41, 5.74) is 5.74. The van der Waals surface area contributed by atoms with Gasteiger partial charge in [-0.3, -0.25) is 4.79 Å². The Hall–Kier alpha value is -0.570. The molecule has 0 bridgehead atoms. The molecule has 0 aromatic rings. The SMILES string of the molecule is CC(C)(C)CC(C)(C)NC(=O)C1CC1N. The molecule has 15 heavy (non-hydrogen) atoms. The molecule has 1 amide bonds. The van der Waals surface area contributed by atoms with Gasteiger partial charge in [-0.2, -0.15) is 0 Å². The third-order valence-electron chi connectivity index (χ3n) is 2.61. The van der Waals surface area contributed by atoms with Gasteiger partial charge in [0.1, 0.15) is 0 Å². The van der Waals surface area contributed by atoms with Crippen LogP contribution in [-0.4, -0.2) is 17.5 Å². The van der Waals surface area contributed by atoms with Crippen molar-refractivity contribution in [1.82, 2.24) is 5.32 Å². The van der Waals surface area contributed by atoms with E-state index in [9.17, 15) is 4.79 Å². The number of nitrogens with one attached hydrogen (secondary N) is 1. The maximum atomic E-state index is 11.7. The number of carbonyl (C=O) groups excluding carboxylic acids is 1. The molecule has 1 aliphatic rings. The zero-order valence-corrected chi connectivity index (χ0v) is 10.6. The average Bonchev–Trinajstić information content (AvgIpc) is 2.58. The van der Waals surface area contributed by atoms with Gasteiger partial charge in [0.25, 0.3) is 0 Å². The van der Waals surface area contributed by atoms with Gasteiger partial charge in [-0.1, -0.05) is 20.8 Å². The van der Waals surface area contributed by atoms with Crippen molar-refractivity contribution in [3.8, 4) is 0 Å². The molecule has 0 aromatic heterocycles. The minimum atomic E-state index is -0.141. The number of nitrogens with two attached hydrogens (primary N) is 1. The Morgan fingerprint density at radius 3 is 2.13 bits per heavy atom. The molecular formula is C12H24N2O. The molecule has 1 fully saturated rings. The third kappa shape index (κ3) is 4.20. The number of hydrogen-bond donors (Lipinski definition) is 2. The van der Waals surface area contributed by atoms with Crippen LogP contribution < -0.4 is 11.1 Å². The van der Waals surface area contributed by atoms with E-state index < -0.39 is 0 Å². The lowest BCUT2D eigenvalue weighted by Gasteiger charge is -2.33. The molecule has 0 aromatic carbocycles. The molecule has 1 aliphatic carbocycles. The summed E-state index contributed by atoms with van der Waals surface area (Å²) in [4.78, 5) is 11.7. The second-order valence-electron chi connectivity index (χ2n) is 6.62. The molecule has 3 heteroatoms. The summed E-state index contributed by atoms with van der Waals surface area (Å²) in [6.07, 6.45) is 1.81. The highest BCUT2D eigenvalue weighted by molar-refractivity contribution is 5.82. The molecule has 0 aliphatic heterocycles. The topological polar surface area (TPSA) is 55.1 Å². The Kier molecular flexibility index (Phi) is 3.15. The minimum absolute atomic E-state index is 0.0595.